The van der Waals surface area contributed by atoms with Gasteiger partial charge in [0.25, 0.3) is 0 Å². The second-order valence-electron chi connectivity index (χ2n) is 4.57. The van der Waals surface area contributed by atoms with Crippen molar-refractivity contribution in [2.75, 3.05) is 6.61 Å². The summed E-state index contributed by atoms with van der Waals surface area (Å²) in [5.74, 6) is 0.624. The Morgan fingerprint density at radius 3 is 3.06 bits per heavy atom. The van der Waals surface area contributed by atoms with Crippen LogP contribution in [0.2, 0.25) is 0 Å². The van der Waals surface area contributed by atoms with Crippen molar-refractivity contribution in [1.29, 1.82) is 0 Å². The summed E-state index contributed by atoms with van der Waals surface area (Å²) < 4.78 is 10.4. The van der Waals surface area contributed by atoms with E-state index in [1.807, 2.05) is 6.92 Å². The highest BCUT2D eigenvalue weighted by Crippen LogP contribution is 2.41. The Balaban J connectivity index is 2.30. The Morgan fingerprint density at radius 2 is 2.50 bits per heavy atom. The summed E-state index contributed by atoms with van der Waals surface area (Å²) in [6, 6.07) is 0. The molecule has 1 N–H and O–H groups in total. The molecule has 1 aliphatic carbocycles. The Kier molecular flexibility index (Phi) is 3.14. The lowest BCUT2D eigenvalue weighted by Gasteiger charge is -2.37. The third kappa shape index (κ3) is 2.04. The first-order chi connectivity index (χ1) is 7.66. The SMILES string of the molecule is CCOC1(c2noc(=O)[nH]2)CCCC(C)C1. The Labute approximate surface area is 94.2 Å². The third-order valence-electron chi connectivity index (χ3n) is 3.25. The van der Waals surface area contributed by atoms with Gasteiger partial charge < -0.3 is 4.74 Å². The maximum absolute atomic E-state index is 11.0. The molecule has 0 saturated heterocycles. The van der Waals surface area contributed by atoms with Gasteiger partial charge in [-0.1, -0.05) is 18.5 Å². The molecule has 1 aromatic rings. The summed E-state index contributed by atoms with van der Waals surface area (Å²) in [6.45, 7) is 4.77. The minimum Gasteiger partial charge on any atom is -0.367 e. The molecule has 2 rings (SSSR count). The van der Waals surface area contributed by atoms with Crippen molar-refractivity contribution in [3.05, 3.63) is 16.4 Å². The molecule has 1 saturated carbocycles. The van der Waals surface area contributed by atoms with Gasteiger partial charge in [0.05, 0.1) is 0 Å². The quantitative estimate of drug-likeness (QED) is 0.853. The van der Waals surface area contributed by atoms with Gasteiger partial charge >= 0.3 is 5.76 Å². The summed E-state index contributed by atoms with van der Waals surface area (Å²) in [4.78, 5) is 13.7. The summed E-state index contributed by atoms with van der Waals surface area (Å²) in [5.41, 5.74) is -0.446. The summed E-state index contributed by atoms with van der Waals surface area (Å²) in [7, 11) is 0. The average Bonchev–Trinajstić information content (AvgIpc) is 2.66. The van der Waals surface area contributed by atoms with Gasteiger partial charge in [-0.3, -0.25) is 9.51 Å². The van der Waals surface area contributed by atoms with Crippen LogP contribution in [-0.2, 0) is 10.3 Å². The molecule has 1 aromatic heterocycles. The van der Waals surface area contributed by atoms with E-state index in [1.54, 1.807) is 0 Å². The number of ether oxygens (including phenoxy) is 1. The van der Waals surface area contributed by atoms with E-state index in [0.29, 0.717) is 18.3 Å². The standard InChI is InChI=1S/C11H18N2O3/c1-3-15-11(6-4-5-8(2)7-11)9-12-10(14)16-13-9/h8H,3-7H2,1-2H3,(H,12,13,14). The van der Waals surface area contributed by atoms with E-state index < -0.39 is 11.4 Å². The molecule has 0 bridgehead atoms. The van der Waals surface area contributed by atoms with Crippen LogP contribution in [-0.4, -0.2) is 16.7 Å². The zero-order chi connectivity index (χ0) is 11.6. The Hall–Kier alpha value is -1.10. The molecule has 2 unspecified atom stereocenters. The number of rotatable bonds is 3. The second-order valence-corrected chi connectivity index (χ2v) is 4.57. The van der Waals surface area contributed by atoms with Crippen molar-refractivity contribution in [2.45, 2.75) is 45.1 Å². The van der Waals surface area contributed by atoms with E-state index in [4.69, 9.17) is 4.74 Å². The summed E-state index contributed by atoms with van der Waals surface area (Å²) in [5, 5.41) is 3.80. The van der Waals surface area contributed by atoms with Gasteiger partial charge in [-0.2, -0.15) is 0 Å². The predicted molar refractivity (Wildman–Crippen MR) is 58.1 cm³/mol. The van der Waals surface area contributed by atoms with E-state index in [9.17, 15) is 4.79 Å². The van der Waals surface area contributed by atoms with Gasteiger partial charge in [0, 0.05) is 6.61 Å². The van der Waals surface area contributed by atoms with E-state index in [-0.39, 0.29) is 0 Å². The molecular weight excluding hydrogens is 208 g/mol. The van der Waals surface area contributed by atoms with Gasteiger partial charge in [0.15, 0.2) is 5.82 Å². The number of aromatic nitrogens is 2. The topological polar surface area (TPSA) is 68.1 Å². The van der Waals surface area contributed by atoms with Crippen molar-refractivity contribution in [3.8, 4) is 0 Å². The van der Waals surface area contributed by atoms with Crippen LogP contribution in [0.3, 0.4) is 0 Å². The molecule has 1 aliphatic rings. The molecule has 2 atom stereocenters. The summed E-state index contributed by atoms with van der Waals surface area (Å²) >= 11 is 0. The molecule has 5 heteroatoms. The van der Waals surface area contributed by atoms with E-state index in [2.05, 4.69) is 21.6 Å². The fourth-order valence-electron chi connectivity index (χ4n) is 2.62. The third-order valence-corrected chi connectivity index (χ3v) is 3.25. The molecular formula is C11H18N2O3. The molecule has 90 valence electrons. The molecule has 0 aliphatic heterocycles. The lowest BCUT2D eigenvalue weighted by molar-refractivity contribution is -0.0891. The number of aromatic amines is 1. The molecule has 5 nitrogen and oxygen atoms in total. The summed E-state index contributed by atoms with van der Waals surface area (Å²) in [6.07, 6.45) is 4.09. The monoisotopic (exact) mass is 226 g/mol. The van der Waals surface area contributed by atoms with Gasteiger partial charge in [-0.05, 0) is 32.1 Å². The Bertz CT molecular complexity index is 394. The minimum atomic E-state index is -0.507. The highest BCUT2D eigenvalue weighted by molar-refractivity contribution is 5.02. The smallest absolute Gasteiger partial charge is 0.367 e. The van der Waals surface area contributed by atoms with Gasteiger partial charge in [-0.15, -0.1) is 0 Å². The van der Waals surface area contributed by atoms with Crippen LogP contribution in [0, 0.1) is 5.92 Å². The van der Waals surface area contributed by atoms with Crippen LogP contribution in [0.25, 0.3) is 0 Å². The van der Waals surface area contributed by atoms with E-state index in [0.717, 1.165) is 19.3 Å². The molecule has 0 amide bonds. The number of hydrogen-bond donors (Lipinski definition) is 1. The fourth-order valence-corrected chi connectivity index (χ4v) is 2.62. The van der Waals surface area contributed by atoms with Gasteiger partial charge in [-0.25, -0.2) is 4.79 Å². The maximum Gasteiger partial charge on any atom is 0.439 e. The van der Waals surface area contributed by atoms with Crippen molar-refractivity contribution in [1.82, 2.24) is 10.1 Å². The predicted octanol–water partition coefficient (Wildman–Crippen LogP) is 1.80. The molecule has 1 heterocycles. The van der Waals surface area contributed by atoms with Gasteiger partial charge in [0.2, 0.25) is 0 Å². The van der Waals surface area contributed by atoms with Crippen LogP contribution in [0.15, 0.2) is 9.32 Å². The fraction of sp³-hybridized carbons (Fsp3) is 0.818. The van der Waals surface area contributed by atoms with E-state index in [1.165, 1.54) is 6.42 Å². The van der Waals surface area contributed by atoms with Crippen molar-refractivity contribution in [3.63, 3.8) is 0 Å². The molecule has 0 radical (unpaired) electrons. The molecule has 0 aromatic carbocycles. The highest BCUT2D eigenvalue weighted by Gasteiger charge is 2.40. The number of H-pyrrole nitrogens is 1. The normalized spacial score (nSPS) is 30.5. The van der Waals surface area contributed by atoms with Crippen LogP contribution >= 0.6 is 0 Å². The van der Waals surface area contributed by atoms with E-state index >= 15 is 0 Å². The van der Waals surface area contributed by atoms with Crippen molar-refractivity contribution >= 4 is 0 Å². The largest absolute Gasteiger partial charge is 0.439 e. The first kappa shape index (κ1) is 11.4. The van der Waals surface area contributed by atoms with Crippen molar-refractivity contribution in [2.24, 2.45) is 5.92 Å². The minimum absolute atomic E-state index is 0.446. The number of nitrogens with zero attached hydrogens (tertiary/aromatic N) is 1. The lowest BCUT2D eigenvalue weighted by Crippen LogP contribution is -2.36. The maximum atomic E-state index is 11.0. The van der Waals surface area contributed by atoms with Crippen LogP contribution in [0.5, 0.6) is 0 Å². The Morgan fingerprint density at radius 1 is 1.69 bits per heavy atom. The average molecular weight is 226 g/mol. The zero-order valence-corrected chi connectivity index (χ0v) is 9.78. The van der Waals surface area contributed by atoms with Crippen LogP contribution in [0.1, 0.15) is 45.4 Å². The zero-order valence-electron chi connectivity index (χ0n) is 9.78. The number of hydrogen-bond acceptors (Lipinski definition) is 4. The van der Waals surface area contributed by atoms with Gasteiger partial charge in [0.1, 0.15) is 5.60 Å². The van der Waals surface area contributed by atoms with Crippen LogP contribution in [0.4, 0.5) is 0 Å². The van der Waals surface area contributed by atoms with Crippen molar-refractivity contribution < 1.29 is 9.26 Å². The van der Waals surface area contributed by atoms with Crippen LogP contribution < -0.4 is 5.76 Å². The molecule has 0 spiro atoms. The molecule has 1 fully saturated rings. The molecule has 16 heavy (non-hydrogen) atoms. The highest BCUT2D eigenvalue weighted by atomic mass is 16.5. The second kappa shape index (κ2) is 4.41. The first-order valence-corrected chi connectivity index (χ1v) is 5.87. The lowest BCUT2D eigenvalue weighted by atomic mass is 9.78. The first-order valence-electron chi connectivity index (χ1n) is 5.87. The number of nitrogens with one attached hydrogen (secondary N) is 1.